The fraction of sp³-hybridized carbons (Fsp3) is 0.364. The fourth-order valence-corrected chi connectivity index (χ4v) is 4.47. The van der Waals surface area contributed by atoms with Gasteiger partial charge < -0.3 is 10.1 Å². The SMILES string of the molecule is CC[C@@H](C(=O)Nc1cc(C(=O)OC)ccc1C)N(c1cc(C)ccc1C)S(C)(=O)=O. The highest BCUT2D eigenvalue weighted by Crippen LogP contribution is 2.28. The Morgan fingerprint density at radius 2 is 1.70 bits per heavy atom. The van der Waals surface area contributed by atoms with Gasteiger partial charge in [-0.05, 0) is 62.1 Å². The quantitative estimate of drug-likeness (QED) is 0.675. The molecule has 0 spiro atoms. The second-order valence-electron chi connectivity index (χ2n) is 7.28. The van der Waals surface area contributed by atoms with Gasteiger partial charge in [-0.1, -0.05) is 25.1 Å². The molecule has 7 nitrogen and oxygen atoms in total. The molecule has 0 saturated carbocycles. The van der Waals surface area contributed by atoms with Crippen LogP contribution in [0.15, 0.2) is 36.4 Å². The minimum Gasteiger partial charge on any atom is -0.465 e. The molecular formula is C22H28N2O5S. The van der Waals surface area contributed by atoms with E-state index in [1.165, 1.54) is 17.5 Å². The number of aryl methyl sites for hydroxylation is 3. The van der Waals surface area contributed by atoms with Gasteiger partial charge in [0.1, 0.15) is 6.04 Å². The molecule has 8 heteroatoms. The van der Waals surface area contributed by atoms with Gasteiger partial charge in [0.25, 0.3) is 0 Å². The molecule has 0 radical (unpaired) electrons. The Balaban J connectivity index is 2.47. The van der Waals surface area contributed by atoms with Crippen molar-refractivity contribution in [3.63, 3.8) is 0 Å². The molecule has 30 heavy (non-hydrogen) atoms. The molecule has 2 aromatic carbocycles. The van der Waals surface area contributed by atoms with Gasteiger partial charge in [0.2, 0.25) is 15.9 Å². The van der Waals surface area contributed by atoms with Gasteiger partial charge in [-0.2, -0.15) is 0 Å². The Bertz CT molecular complexity index is 1060. The number of carbonyl (C=O) groups is 2. The van der Waals surface area contributed by atoms with Crippen molar-refractivity contribution in [2.24, 2.45) is 0 Å². The van der Waals surface area contributed by atoms with E-state index in [4.69, 9.17) is 4.74 Å². The van der Waals surface area contributed by atoms with Crippen LogP contribution >= 0.6 is 0 Å². The molecule has 0 aliphatic rings. The van der Waals surface area contributed by atoms with Crippen molar-refractivity contribution < 1.29 is 22.7 Å². The number of amides is 1. The van der Waals surface area contributed by atoms with Crippen LogP contribution < -0.4 is 9.62 Å². The molecule has 162 valence electrons. The lowest BCUT2D eigenvalue weighted by atomic mass is 10.1. The van der Waals surface area contributed by atoms with Crippen LogP contribution in [0.25, 0.3) is 0 Å². The van der Waals surface area contributed by atoms with Crippen molar-refractivity contribution in [2.45, 2.75) is 40.2 Å². The molecule has 2 rings (SSSR count). The van der Waals surface area contributed by atoms with Crippen molar-refractivity contribution in [1.82, 2.24) is 0 Å². The predicted octanol–water partition coefficient (Wildman–Crippen LogP) is 3.58. The zero-order chi connectivity index (χ0) is 22.6. The smallest absolute Gasteiger partial charge is 0.337 e. The number of methoxy groups -OCH3 is 1. The van der Waals surface area contributed by atoms with Crippen LogP contribution in [0.1, 0.15) is 40.4 Å². The van der Waals surface area contributed by atoms with E-state index >= 15 is 0 Å². The molecule has 2 aromatic rings. The maximum absolute atomic E-state index is 13.2. The monoisotopic (exact) mass is 432 g/mol. The Morgan fingerprint density at radius 1 is 1.07 bits per heavy atom. The topological polar surface area (TPSA) is 92.8 Å². The third kappa shape index (κ3) is 5.18. The first-order chi connectivity index (χ1) is 14.0. The molecule has 0 unspecified atom stereocenters. The first kappa shape index (κ1) is 23.4. The predicted molar refractivity (Wildman–Crippen MR) is 118 cm³/mol. The van der Waals surface area contributed by atoms with E-state index in [9.17, 15) is 18.0 Å². The highest BCUT2D eigenvalue weighted by atomic mass is 32.2. The van der Waals surface area contributed by atoms with Gasteiger partial charge >= 0.3 is 5.97 Å². The standard InChI is InChI=1S/C22H28N2O5S/c1-7-19(24(30(6,27)28)20-12-14(2)8-9-16(20)4)21(25)23-18-13-17(22(26)29-5)11-10-15(18)3/h8-13,19H,7H2,1-6H3,(H,23,25)/t19-/m0/s1. The minimum atomic E-state index is -3.74. The Labute approximate surface area is 178 Å². The molecule has 0 bridgehead atoms. The van der Waals surface area contributed by atoms with E-state index in [1.807, 2.05) is 26.0 Å². The van der Waals surface area contributed by atoms with Crippen LogP contribution in [0.4, 0.5) is 11.4 Å². The van der Waals surface area contributed by atoms with Crippen LogP contribution in [-0.2, 0) is 19.6 Å². The van der Waals surface area contributed by atoms with E-state index < -0.39 is 27.9 Å². The van der Waals surface area contributed by atoms with Gasteiger partial charge in [-0.3, -0.25) is 9.10 Å². The van der Waals surface area contributed by atoms with Crippen molar-refractivity contribution in [1.29, 1.82) is 0 Å². The molecule has 1 atom stereocenters. The van der Waals surface area contributed by atoms with Crippen molar-refractivity contribution in [3.05, 3.63) is 58.7 Å². The number of anilines is 2. The second kappa shape index (κ2) is 9.30. The van der Waals surface area contributed by atoms with Crippen LogP contribution in [0.5, 0.6) is 0 Å². The largest absolute Gasteiger partial charge is 0.465 e. The molecular weight excluding hydrogens is 404 g/mol. The summed E-state index contributed by atoms with van der Waals surface area (Å²) in [5, 5.41) is 2.78. The molecule has 0 saturated heterocycles. The number of carbonyl (C=O) groups excluding carboxylic acids is 2. The van der Waals surface area contributed by atoms with Crippen LogP contribution in [0, 0.1) is 20.8 Å². The fourth-order valence-electron chi connectivity index (χ4n) is 3.21. The first-order valence-corrected chi connectivity index (χ1v) is 11.4. The highest BCUT2D eigenvalue weighted by molar-refractivity contribution is 7.92. The normalized spacial score (nSPS) is 12.2. The summed E-state index contributed by atoms with van der Waals surface area (Å²) < 4.78 is 31.3. The average Bonchev–Trinajstić information content (AvgIpc) is 2.68. The Kier molecular flexibility index (Phi) is 7.25. The maximum atomic E-state index is 13.2. The van der Waals surface area contributed by atoms with Crippen molar-refractivity contribution in [3.8, 4) is 0 Å². The summed E-state index contributed by atoms with van der Waals surface area (Å²) in [7, 11) is -2.46. The summed E-state index contributed by atoms with van der Waals surface area (Å²) >= 11 is 0. The summed E-state index contributed by atoms with van der Waals surface area (Å²) in [6.07, 6.45) is 1.36. The molecule has 1 N–H and O–H groups in total. The zero-order valence-corrected chi connectivity index (χ0v) is 19.0. The highest BCUT2D eigenvalue weighted by Gasteiger charge is 2.32. The average molecular weight is 433 g/mol. The van der Waals surface area contributed by atoms with E-state index in [-0.39, 0.29) is 6.42 Å². The van der Waals surface area contributed by atoms with Crippen LogP contribution in [0.2, 0.25) is 0 Å². The van der Waals surface area contributed by atoms with Crippen molar-refractivity contribution in [2.75, 3.05) is 23.0 Å². The molecule has 0 aliphatic carbocycles. The lowest BCUT2D eigenvalue weighted by Crippen LogP contribution is -2.47. The van der Waals surface area contributed by atoms with Crippen molar-refractivity contribution >= 4 is 33.3 Å². The number of nitrogens with zero attached hydrogens (tertiary/aromatic N) is 1. The number of nitrogens with one attached hydrogen (secondary N) is 1. The van der Waals surface area contributed by atoms with Gasteiger partial charge in [-0.15, -0.1) is 0 Å². The minimum absolute atomic E-state index is 0.266. The number of esters is 1. The van der Waals surface area contributed by atoms with Crippen LogP contribution in [0.3, 0.4) is 0 Å². The molecule has 0 aliphatic heterocycles. The van der Waals surface area contributed by atoms with E-state index in [2.05, 4.69) is 5.32 Å². The number of hydrogen-bond acceptors (Lipinski definition) is 5. The Morgan fingerprint density at radius 3 is 2.27 bits per heavy atom. The number of rotatable bonds is 7. The molecule has 0 aromatic heterocycles. The third-order valence-electron chi connectivity index (χ3n) is 4.85. The van der Waals surface area contributed by atoms with E-state index in [0.717, 1.165) is 22.9 Å². The van der Waals surface area contributed by atoms with E-state index in [1.54, 1.807) is 32.0 Å². The van der Waals surface area contributed by atoms with Gasteiger partial charge in [0.05, 0.1) is 24.6 Å². The van der Waals surface area contributed by atoms with Gasteiger partial charge in [-0.25, -0.2) is 13.2 Å². The number of sulfonamides is 1. The lowest BCUT2D eigenvalue weighted by Gasteiger charge is -2.31. The second-order valence-corrected chi connectivity index (χ2v) is 9.14. The Hall–Kier alpha value is -2.87. The summed E-state index contributed by atoms with van der Waals surface area (Å²) in [6, 6.07) is 9.35. The maximum Gasteiger partial charge on any atom is 0.337 e. The number of benzene rings is 2. The first-order valence-electron chi connectivity index (χ1n) is 9.56. The van der Waals surface area contributed by atoms with E-state index in [0.29, 0.717) is 16.9 Å². The summed E-state index contributed by atoms with van der Waals surface area (Å²) in [5.74, 6) is -1.00. The molecule has 1 amide bonds. The van der Waals surface area contributed by atoms with Crippen LogP contribution in [-0.4, -0.2) is 39.7 Å². The summed E-state index contributed by atoms with van der Waals surface area (Å²) in [4.78, 5) is 25.0. The lowest BCUT2D eigenvalue weighted by molar-refractivity contribution is -0.117. The number of ether oxygens (including phenoxy) is 1. The van der Waals surface area contributed by atoms with Gasteiger partial charge in [0.15, 0.2) is 0 Å². The third-order valence-corrected chi connectivity index (χ3v) is 6.01. The molecule has 0 heterocycles. The zero-order valence-electron chi connectivity index (χ0n) is 18.1. The summed E-state index contributed by atoms with van der Waals surface area (Å²) in [6.45, 7) is 7.22. The summed E-state index contributed by atoms with van der Waals surface area (Å²) in [5.41, 5.74) is 3.57. The number of hydrogen-bond donors (Lipinski definition) is 1. The van der Waals surface area contributed by atoms with Gasteiger partial charge in [0, 0.05) is 5.69 Å². The molecule has 0 fully saturated rings.